The van der Waals surface area contributed by atoms with E-state index in [1.165, 1.54) is 16.8 Å². The Morgan fingerprint density at radius 3 is 2.27 bits per heavy atom. The minimum Gasteiger partial charge on any atom is -0.377 e. The number of hydrogen-bond acceptors (Lipinski definition) is 2. The van der Waals surface area contributed by atoms with Gasteiger partial charge in [0.15, 0.2) is 0 Å². The maximum atomic E-state index is 4.39. The van der Waals surface area contributed by atoms with Crippen molar-refractivity contribution in [3.63, 3.8) is 0 Å². The van der Waals surface area contributed by atoms with Crippen LogP contribution < -0.4 is 4.90 Å². The van der Waals surface area contributed by atoms with Crippen LogP contribution in [0.25, 0.3) is 0 Å². The average Bonchev–Trinajstić information content (AvgIpc) is 2.15. The third-order valence-corrected chi connectivity index (χ3v) is 2.79. The van der Waals surface area contributed by atoms with Gasteiger partial charge in [0, 0.05) is 25.5 Å². The maximum Gasteiger partial charge on any atom is 0.0434 e. The normalized spacial score (nSPS) is 10.8. The van der Waals surface area contributed by atoms with Gasteiger partial charge in [-0.25, -0.2) is 0 Å². The largest absolute Gasteiger partial charge is 0.377 e. The molecule has 0 fully saturated rings. The third-order valence-electron chi connectivity index (χ3n) is 2.45. The standard InChI is InChI=1S/C13H21NS/c1-10(2)8-11-6-5-7-12(9-15)13(11)14(3)4/h5-7,10,15H,8-9H2,1-4H3. The van der Waals surface area contributed by atoms with Gasteiger partial charge in [0.25, 0.3) is 0 Å². The summed E-state index contributed by atoms with van der Waals surface area (Å²) < 4.78 is 0. The number of hydrogen-bond donors (Lipinski definition) is 1. The van der Waals surface area contributed by atoms with Gasteiger partial charge in [-0.1, -0.05) is 32.0 Å². The van der Waals surface area contributed by atoms with Gasteiger partial charge in [-0.3, -0.25) is 0 Å². The summed E-state index contributed by atoms with van der Waals surface area (Å²) in [6.45, 7) is 4.51. The average molecular weight is 223 g/mol. The first kappa shape index (κ1) is 12.4. The van der Waals surface area contributed by atoms with Crippen molar-refractivity contribution in [3.8, 4) is 0 Å². The summed E-state index contributed by atoms with van der Waals surface area (Å²) in [6.07, 6.45) is 1.13. The molecule has 0 N–H and O–H groups in total. The number of anilines is 1. The van der Waals surface area contributed by atoms with Gasteiger partial charge in [0.05, 0.1) is 0 Å². The molecule has 0 atom stereocenters. The van der Waals surface area contributed by atoms with E-state index in [1.807, 2.05) is 0 Å². The van der Waals surface area contributed by atoms with Crippen LogP contribution >= 0.6 is 12.6 Å². The predicted octanol–water partition coefficient (Wildman–Crippen LogP) is 3.38. The number of para-hydroxylation sites is 1. The Morgan fingerprint density at radius 2 is 1.80 bits per heavy atom. The van der Waals surface area contributed by atoms with Crippen LogP contribution in [0.15, 0.2) is 18.2 Å². The summed E-state index contributed by atoms with van der Waals surface area (Å²) in [5, 5.41) is 0. The molecule has 0 saturated heterocycles. The highest BCUT2D eigenvalue weighted by Gasteiger charge is 2.10. The Bertz CT molecular complexity index is 318. The fraction of sp³-hybridized carbons (Fsp3) is 0.538. The van der Waals surface area contributed by atoms with E-state index in [0.717, 1.165) is 12.2 Å². The minimum atomic E-state index is 0.693. The van der Waals surface area contributed by atoms with Crippen LogP contribution in [0.3, 0.4) is 0 Å². The molecule has 1 aromatic rings. The second kappa shape index (κ2) is 5.45. The summed E-state index contributed by atoms with van der Waals surface area (Å²) in [4.78, 5) is 2.20. The molecule has 2 heteroatoms. The van der Waals surface area contributed by atoms with Gasteiger partial charge >= 0.3 is 0 Å². The zero-order valence-corrected chi connectivity index (χ0v) is 11.0. The maximum absolute atomic E-state index is 4.39. The molecule has 0 aliphatic carbocycles. The van der Waals surface area contributed by atoms with E-state index in [0.29, 0.717) is 5.92 Å². The molecular weight excluding hydrogens is 202 g/mol. The number of thiol groups is 1. The molecule has 15 heavy (non-hydrogen) atoms. The lowest BCUT2D eigenvalue weighted by Gasteiger charge is -2.22. The summed E-state index contributed by atoms with van der Waals surface area (Å²) in [5.41, 5.74) is 4.10. The minimum absolute atomic E-state index is 0.693. The monoisotopic (exact) mass is 223 g/mol. The van der Waals surface area contributed by atoms with Crippen molar-refractivity contribution in [3.05, 3.63) is 29.3 Å². The summed E-state index contributed by atoms with van der Waals surface area (Å²) in [7, 11) is 4.21. The van der Waals surface area contributed by atoms with Crippen LogP contribution in [0.5, 0.6) is 0 Å². The molecule has 0 spiro atoms. The first-order chi connectivity index (χ1) is 7.06. The smallest absolute Gasteiger partial charge is 0.0434 e. The van der Waals surface area contributed by atoms with Crippen molar-refractivity contribution in [1.29, 1.82) is 0 Å². The lowest BCUT2D eigenvalue weighted by atomic mass is 9.98. The quantitative estimate of drug-likeness (QED) is 0.766. The van der Waals surface area contributed by atoms with Crippen LogP contribution in [-0.4, -0.2) is 14.1 Å². The van der Waals surface area contributed by atoms with Gasteiger partial charge in [-0.2, -0.15) is 12.6 Å². The van der Waals surface area contributed by atoms with E-state index in [-0.39, 0.29) is 0 Å². The zero-order valence-electron chi connectivity index (χ0n) is 10.1. The first-order valence-corrected chi connectivity index (χ1v) is 6.08. The molecule has 84 valence electrons. The molecular formula is C13H21NS. The van der Waals surface area contributed by atoms with Crippen LogP contribution in [0.4, 0.5) is 5.69 Å². The fourth-order valence-corrected chi connectivity index (χ4v) is 2.21. The van der Waals surface area contributed by atoms with Crippen LogP contribution in [-0.2, 0) is 12.2 Å². The highest BCUT2D eigenvalue weighted by molar-refractivity contribution is 7.79. The Labute approximate surface area is 98.9 Å². The SMILES string of the molecule is CC(C)Cc1cccc(CS)c1N(C)C. The second-order valence-electron chi connectivity index (χ2n) is 4.58. The van der Waals surface area contributed by atoms with E-state index in [4.69, 9.17) is 0 Å². The second-order valence-corrected chi connectivity index (χ2v) is 4.89. The zero-order chi connectivity index (χ0) is 11.4. The van der Waals surface area contributed by atoms with Crippen LogP contribution in [0.2, 0.25) is 0 Å². The molecule has 0 aliphatic rings. The number of nitrogens with zero attached hydrogens (tertiary/aromatic N) is 1. The van der Waals surface area contributed by atoms with E-state index >= 15 is 0 Å². The third kappa shape index (κ3) is 3.16. The van der Waals surface area contributed by atoms with Crippen molar-refractivity contribution in [2.45, 2.75) is 26.0 Å². The fourth-order valence-electron chi connectivity index (χ4n) is 1.95. The summed E-state index contributed by atoms with van der Waals surface area (Å²) in [5.74, 6) is 1.50. The van der Waals surface area contributed by atoms with Crippen molar-refractivity contribution in [2.24, 2.45) is 5.92 Å². The van der Waals surface area contributed by atoms with Crippen molar-refractivity contribution in [2.75, 3.05) is 19.0 Å². The van der Waals surface area contributed by atoms with Crippen LogP contribution in [0, 0.1) is 5.92 Å². The van der Waals surface area contributed by atoms with Gasteiger partial charge < -0.3 is 4.90 Å². The molecule has 0 radical (unpaired) electrons. The first-order valence-electron chi connectivity index (χ1n) is 5.45. The molecule has 1 rings (SSSR count). The van der Waals surface area contributed by atoms with Gasteiger partial charge in [0.1, 0.15) is 0 Å². The van der Waals surface area contributed by atoms with Gasteiger partial charge in [-0.15, -0.1) is 0 Å². The Hall–Kier alpha value is -0.630. The molecule has 0 bridgehead atoms. The lowest BCUT2D eigenvalue weighted by molar-refractivity contribution is 0.646. The van der Waals surface area contributed by atoms with Gasteiger partial charge in [-0.05, 0) is 23.5 Å². The lowest BCUT2D eigenvalue weighted by Crippen LogP contribution is -2.14. The van der Waals surface area contributed by atoms with E-state index in [2.05, 4.69) is 63.7 Å². The van der Waals surface area contributed by atoms with Crippen molar-refractivity contribution >= 4 is 18.3 Å². The predicted molar refractivity (Wildman–Crippen MR) is 72.0 cm³/mol. The Morgan fingerprint density at radius 1 is 1.20 bits per heavy atom. The highest BCUT2D eigenvalue weighted by atomic mass is 32.1. The molecule has 0 aliphatic heterocycles. The molecule has 0 amide bonds. The topological polar surface area (TPSA) is 3.24 Å². The molecule has 1 nitrogen and oxygen atoms in total. The van der Waals surface area contributed by atoms with E-state index in [9.17, 15) is 0 Å². The highest BCUT2D eigenvalue weighted by Crippen LogP contribution is 2.27. The summed E-state index contributed by atoms with van der Waals surface area (Å²) >= 11 is 4.39. The molecule has 0 heterocycles. The Kier molecular flexibility index (Phi) is 4.52. The molecule has 0 saturated carbocycles. The Balaban J connectivity index is 3.13. The molecule has 0 unspecified atom stereocenters. The van der Waals surface area contributed by atoms with E-state index in [1.54, 1.807) is 0 Å². The van der Waals surface area contributed by atoms with E-state index < -0.39 is 0 Å². The molecule has 0 aromatic heterocycles. The number of rotatable bonds is 4. The van der Waals surface area contributed by atoms with Crippen molar-refractivity contribution < 1.29 is 0 Å². The summed E-state index contributed by atoms with van der Waals surface area (Å²) in [6, 6.07) is 6.52. The van der Waals surface area contributed by atoms with Crippen molar-refractivity contribution in [1.82, 2.24) is 0 Å². The van der Waals surface area contributed by atoms with Crippen LogP contribution in [0.1, 0.15) is 25.0 Å². The molecule has 1 aromatic carbocycles. The number of benzene rings is 1. The van der Waals surface area contributed by atoms with Gasteiger partial charge in [0.2, 0.25) is 0 Å².